The number of amides is 1. The molecule has 4 aromatic rings. The molecule has 1 aromatic heterocycles. The van der Waals surface area contributed by atoms with Crippen LogP contribution in [0.5, 0.6) is 5.75 Å². The van der Waals surface area contributed by atoms with E-state index in [1.807, 2.05) is 19.9 Å². The standard InChI is InChI=1S/C26H20BrCl3N4O3/c1-14(2)25-33-22-8-3-16(27)11-19(22)26(36)34(25)31-12-15-9-20(29)24(21(30)10-15)37-13-23(35)32-18-6-4-17(28)5-7-18/h3-12,14H,13H2,1-2H3,(H,32,35). The highest BCUT2D eigenvalue weighted by Crippen LogP contribution is 2.34. The van der Waals surface area contributed by atoms with Gasteiger partial charge in [0.05, 0.1) is 27.2 Å². The molecule has 0 saturated carbocycles. The normalized spacial score (nSPS) is 11.4. The average molecular weight is 623 g/mol. The molecule has 0 atom stereocenters. The number of nitrogens with zero attached hydrogens (tertiary/aromatic N) is 3. The largest absolute Gasteiger partial charge is 0.481 e. The number of benzene rings is 3. The lowest BCUT2D eigenvalue weighted by Gasteiger charge is -2.13. The van der Waals surface area contributed by atoms with Crippen LogP contribution in [0, 0.1) is 0 Å². The van der Waals surface area contributed by atoms with Gasteiger partial charge < -0.3 is 10.1 Å². The summed E-state index contributed by atoms with van der Waals surface area (Å²) in [6, 6.07) is 15.2. The van der Waals surface area contributed by atoms with Crippen molar-refractivity contribution < 1.29 is 9.53 Å². The predicted octanol–water partition coefficient (Wildman–Crippen LogP) is 7.14. The fraction of sp³-hybridized carbons (Fsp3) is 0.154. The third-order valence-corrected chi connectivity index (χ3v) is 6.47. The molecule has 0 spiro atoms. The maximum absolute atomic E-state index is 13.2. The molecule has 0 fully saturated rings. The van der Waals surface area contributed by atoms with Crippen molar-refractivity contribution in [1.29, 1.82) is 0 Å². The van der Waals surface area contributed by atoms with Gasteiger partial charge in [-0.1, -0.05) is 64.6 Å². The first kappa shape index (κ1) is 27.1. The monoisotopic (exact) mass is 620 g/mol. The SMILES string of the molecule is CC(C)c1nc2ccc(Br)cc2c(=O)n1N=Cc1cc(Cl)c(OCC(=O)Nc2ccc(Cl)cc2)c(Cl)c1. The van der Waals surface area contributed by atoms with Crippen LogP contribution < -0.4 is 15.6 Å². The molecule has 0 bridgehead atoms. The van der Waals surface area contributed by atoms with Crippen LogP contribution in [-0.2, 0) is 4.79 Å². The minimum atomic E-state index is -0.392. The molecule has 0 saturated heterocycles. The lowest BCUT2D eigenvalue weighted by atomic mass is 10.2. The number of carbonyl (C=O) groups excluding carboxylic acids is 1. The van der Waals surface area contributed by atoms with Crippen LogP contribution in [0.3, 0.4) is 0 Å². The van der Waals surface area contributed by atoms with Crippen LogP contribution in [0.4, 0.5) is 5.69 Å². The smallest absolute Gasteiger partial charge is 0.282 e. The second-order valence-electron chi connectivity index (χ2n) is 8.31. The summed E-state index contributed by atoms with van der Waals surface area (Å²) in [6.45, 7) is 3.56. The Labute approximate surface area is 236 Å². The number of fused-ring (bicyclic) bond motifs is 1. The molecule has 0 aliphatic carbocycles. The van der Waals surface area contributed by atoms with Crippen molar-refractivity contribution in [2.75, 3.05) is 11.9 Å². The van der Waals surface area contributed by atoms with Crippen LogP contribution in [0.15, 0.2) is 69.0 Å². The lowest BCUT2D eigenvalue weighted by molar-refractivity contribution is -0.118. The van der Waals surface area contributed by atoms with Crippen LogP contribution in [0.25, 0.3) is 10.9 Å². The van der Waals surface area contributed by atoms with Crippen LogP contribution >= 0.6 is 50.7 Å². The highest BCUT2D eigenvalue weighted by atomic mass is 79.9. The van der Waals surface area contributed by atoms with E-state index in [4.69, 9.17) is 39.5 Å². The van der Waals surface area contributed by atoms with Gasteiger partial charge in [-0.05, 0) is 60.2 Å². The van der Waals surface area contributed by atoms with Gasteiger partial charge in [0.1, 0.15) is 5.82 Å². The molecule has 190 valence electrons. The van der Waals surface area contributed by atoms with Gasteiger partial charge in [-0.3, -0.25) is 9.59 Å². The van der Waals surface area contributed by atoms with E-state index in [0.717, 1.165) is 4.47 Å². The van der Waals surface area contributed by atoms with E-state index in [2.05, 4.69) is 31.3 Å². The maximum Gasteiger partial charge on any atom is 0.282 e. The Morgan fingerprint density at radius 3 is 2.43 bits per heavy atom. The minimum Gasteiger partial charge on any atom is -0.481 e. The Morgan fingerprint density at radius 2 is 1.78 bits per heavy atom. The molecule has 1 amide bonds. The molecule has 11 heteroatoms. The van der Waals surface area contributed by atoms with E-state index in [-0.39, 0.29) is 33.9 Å². The number of nitrogens with one attached hydrogen (secondary N) is 1. The molecule has 0 radical (unpaired) electrons. The fourth-order valence-corrected chi connectivity index (χ4v) is 4.54. The van der Waals surface area contributed by atoms with E-state index in [1.165, 1.54) is 10.9 Å². The van der Waals surface area contributed by atoms with Gasteiger partial charge in [-0.2, -0.15) is 9.78 Å². The summed E-state index contributed by atoms with van der Waals surface area (Å²) in [5, 5.41) is 8.45. The van der Waals surface area contributed by atoms with E-state index < -0.39 is 5.91 Å². The number of rotatable bonds is 7. The highest BCUT2D eigenvalue weighted by Gasteiger charge is 2.15. The first-order valence-corrected chi connectivity index (χ1v) is 13.0. The quantitative estimate of drug-likeness (QED) is 0.222. The second-order valence-corrected chi connectivity index (χ2v) is 10.5. The zero-order valence-electron chi connectivity index (χ0n) is 19.6. The van der Waals surface area contributed by atoms with Gasteiger partial charge in [0.2, 0.25) is 0 Å². The van der Waals surface area contributed by atoms with Crippen LogP contribution in [0.2, 0.25) is 15.1 Å². The Hall–Kier alpha value is -2.91. The summed E-state index contributed by atoms with van der Waals surface area (Å²) in [5.41, 5.74) is 1.41. The minimum absolute atomic E-state index is 0.0557. The molecule has 7 nitrogen and oxygen atoms in total. The molecule has 0 unspecified atom stereocenters. The van der Waals surface area contributed by atoms with Crippen molar-refractivity contribution in [3.05, 3.63) is 95.9 Å². The van der Waals surface area contributed by atoms with Gasteiger partial charge in [0.15, 0.2) is 12.4 Å². The summed E-state index contributed by atoms with van der Waals surface area (Å²) in [6.07, 6.45) is 1.47. The van der Waals surface area contributed by atoms with Gasteiger partial charge >= 0.3 is 0 Å². The van der Waals surface area contributed by atoms with E-state index in [9.17, 15) is 9.59 Å². The summed E-state index contributed by atoms with van der Waals surface area (Å²) in [5.74, 6) is 0.222. The van der Waals surface area contributed by atoms with Crippen LogP contribution in [0.1, 0.15) is 31.2 Å². The Kier molecular flexibility index (Phi) is 8.54. The Bertz CT molecular complexity index is 1550. The number of hydrogen-bond acceptors (Lipinski definition) is 5. The first-order chi connectivity index (χ1) is 17.6. The second kappa shape index (κ2) is 11.6. The van der Waals surface area contributed by atoms with Crippen molar-refractivity contribution in [2.45, 2.75) is 19.8 Å². The van der Waals surface area contributed by atoms with Crippen LogP contribution in [-0.4, -0.2) is 28.4 Å². The summed E-state index contributed by atoms with van der Waals surface area (Å²) in [4.78, 5) is 30.0. The molecule has 4 rings (SSSR count). The van der Waals surface area contributed by atoms with Gasteiger partial charge in [-0.15, -0.1) is 0 Å². The molecule has 1 N–H and O–H groups in total. The number of carbonyl (C=O) groups is 1. The molecule has 3 aromatic carbocycles. The first-order valence-electron chi connectivity index (χ1n) is 11.1. The molecular weight excluding hydrogens is 603 g/mol. The van der Waals surface area contributed by atoms with E-state index in [1.54, 1.807) is 48.5 Å². The third-order valence-electron chi connectivity index (χ3n) is 5.17. The van der Waals surface area contributed by atoms with Gasteiger partial charge in [-0.25, -0.2) is 4.98 Å². The number of anilines is 1. The van der Waals surface area contributed by atoms with Gasteiger partial charge in [0.25, 0.3) is 11.5 Å². The Morgan fingerprint density at radius 1 is 1.11 bits per heavy atom. The summed E-state index contributed by atoms with van der Waals surface area (Å²) in [7, 11) is 0. The lowest BCUT2D eigenvalue weighted by Crippen LogP contribution is -2.23. The van der Waals surface area contributed by atoms with Gasteiger partial charge in [0, 0.05) is 21.1 Å². The number of ether oxygens (including phenoxy) is 1. The van der Waals surface area contributed by atoms with Crippen molar-refractivity contribution in [3.8, 4) is 5.75 Å². The topological polar surface area (TPSA) is 85.6 Å². The highest BCUT2D eigenvalue weighted by molar-refractivity contribution is 9.10. The van der Waals surface area contributed by atoms with E-state index >= 15 is 0 Å². The number of halogens is 4. The van der Waals surface area contributed by atoms with E-state index in [0.29, 0.717) is 33.0 Å². The Balaban J connectivity index is 1.55. The number of aromatic nitrogens is 2. The molecular formula is C26H20BrCl3N4O3. The molecule has 0 aliphatic rings. The number of hydrogen-bond donors (Lipinski definition) is 1. The zero-order valence-corrected chi connectivity index (χ0v) is 23.5. The molecule has 0 aliphatic heterocycles. The molecule has 37 heavy (non-hydrogen) atoms. The van der Waals surface area contributed by atoms with Crippen molar-refractivity contribution >= 4 is 79.4 Å². The summed E-state index contributed by atoms with van der Waals surface area (Å²) < 4.78 is 7.59. The summed E-state index contributed by atoms with van der Waals surface area (Å²) >= 11 is 22.0. The molecule has 1 heterocycles. The fourth-order valence-electron chi connectivity index (χ4n) is 3.44. The predicted molar refractivity (Wildman–Crippen MR) is 153 cm³/mol. The van der Waals surface area contributed by atoms with Crippen molar-refractivity contribution in [1.82, 2.24) is 9.66 Å². The third kappa shape index (κ3) is 6.51. The maximum atomic E-state index is 13.2. The van der Waals surface area contributed by atoms with Crippen molar-refractivity contribution in [2.24, 2.45) is 5.10 Å². The average Bonchev–Trinajstić information content (AvgIpc) is 2.84. The van der Waals surface area contributed by atoms with Crippen molar-refractivity contribution in [3.63, 3.8) is 0 Å². The zero-order chi connectivity index (χ0) is 26.7.